The van der Waals surface area contributed by atoms with E-state index in [0.29, 0.717) is 12.3 Å². The summed E-state index contributed by atoms with van der Waals surface area (Å²) < 4.78 is 0. The maximum atomic E-state index is 11.5. The number of carboxylic acid groups (broad SMARTS) is 1. The number of amides is 1. The number of carboxylic acids is 1. The highest BCUT2D eigenvalue weighted by Gasteiger charge is 2.19. The van der Waals surface area contributed by atoms with E-state index in [1.165, 1.54) is 19.3 Å². The summed E-state index contributed by atoms with van der Waals surface area (Å²) in [6, 6.07) is -0.616. The molecule has 1 aliphatic rings. The van der Waals surface area contributed by atoms with Gasteiger partial charge in [0.25, 0.3) is 0 Å². The van der Waals surface area contributed by atoms with Crippen LogP contribution in [-0.2, 0) is 9.59 Å². The summed E-state index contributed by atoms with van der Waals surface area (Å²) in [5.41, 5.74) is 0. The van der Waals surface area contributed by atoms with Crippen molar-refractivity contribution in [3.8, 4) is 0 Å². The third-order valence-corrected chi connectivity index (χ3v) is 3.20. The van der Waals surface area contributed by atoms with E-state index in [1.807, 2.05) is 6.92 Å². The van der Waals surface area contributed by atoms with Crippen LogP contribution in [0.1, 0.15) is 39.0 Å². The Morgan fingerprint density at radius 2 is 2.06 bits per heavy atom. The van der Waals surface area contributed by atoms with Crippen molar-refractivity contribution in [2.24, 2.45) is 5.92 Å². The molecule has 1 aliphatic carbocycles. The highest BCUT2D eigenvalue weighted by Crippen LogP contribution is 2.24. The van der Waals surface area contributed by atoms with E-state index in [4.69, 9.17) is 5.11 Å². The van der Waals surface area contributed by atoms with Gasteiger partial charge in [-0.2, -0.15) is 0 Å². The maximum Gasteiger partial charge on any atom is 0.320 e. The smallest absolute Gasteiger partial charge is 0.320 e. The molecule has 3 N–H and O–H groups in total. The number of hydrogen-bond acceptors (Lipinski definition) is 3. The topological polar surface area (TPSA) is 78.4 Å². The molecule has 1 rings (SSSR count). The Hall–Kier alpha value is -0.810. The molecule has 1 atom stereocenters. The van der Waals surface area contributed by atoms with Crippen LogP contribution in [0.4, 0.5) is 0 Å². The van der Waals surface area contributed by atoms with Crippen molar-refractivity contribution in [2.45, 2.75) is 45.1 Å². The predicted octanol–water partition coefficient (Wildman–Crippen LogP) is 1.17. The largest absolute Gasteiger partial charge is 0.480 e. The van der Waals surface area contributed by atoms with Crippen molar-refractivity contribution in [1.82, 2.24) is 10.6 Å². The SMILES string of the molecule is CCCC(NCC(=O)NCC1CCC1)C(=O)O.Cl. The molecule has 1 unspecified atom stereocenters. The lowest BCUT2D eigenvalue weighted by atomic mass is 9.85. The molecular weight excluding hydrogens is 256 g/mol. The zero-order chi connectivity index (χ0) is 12.7. The fraction of sp³-hybridized carbons (Fsp3) is 0.833. The van der Waals surface area contributed by atoms with Crippen LogP contribution in [0.15, 0.2) is 0 Å². The predicted molar refractivity (Wildman–Crippen MR) is 71.9 cm³/mol. The number of nitrogens with one attached hydrogen (secondary N) is 2. The van der Waals surface area contributed by atoms with Gasteiger partial charge < -0.3 is 10.4 Å². The summed E-state index contributed by atoms with van der Waals surface area (Å²) in [5, 5.41) is 14.5. The van der Waals surface area contributed by atoms with E-state index in [9.17, 15) is 9.59 Å². The number of hydrogen-bond donors (Lipinski definition) is 3. The van der Waals surface area contributed by atoms with Gasteiger partial charge in [-0.25, -0.2) is 0 Å². The number of carbonyl (C=O) groups excluding carboxylic acids is 1. The zero-order valence-electron chi connectivity index (χ0n) is 10.8. The minimum absolute atomic E-state index is 0. The molecule has 0 bridgehead atoms. The number of halogens is 1. The fourth-order valence-electron chi connectivity index (χ4n) is 1.84. The summed E-state index contributed by atoms with van der Waals surface area (Å²) in [7, 11) is 0. The van der Waals surface area contributed by atoms with Gasteiger partial charge in [-0.3, -0.25) is 14.9 Å². The first kappa shape index (κ1) is 17.2. The quantitative estimate of drug-likeness (QED) is 0.623. The normalized spacial score (nSPS) is 16.3. The highest BCUT2D eigenvalue weighted by atomic mass is 35.5. The van der Waals surface area contributed by atoms with Crippen LogP contribution in [0.5, 0.6) is 0 Å². The Morgan fingerprint density at radius 1 is 1.39 bits per heavy atom. The van der Waals surface area contributed by atoms with Crippen molar-refractivity contribution in [1.29, 1.82) is 0 Å². The van der Waals surface area contributed by atoms with E-state index in [2.05, 4.69) is 10.6 Å². The second-order valence-electron chi connectivity index (χ2n) is 4.66. The van der Waals surface area contributed by atoms with Crippen LogP contribution in [0, 0.1) is 5.92 Å². The molecule has 1 saturated carbocycles. The molecule has 0 aliphatic heterocycles. The maximum absolute atomic E-state index is 11.5. The second-order valence-corrected chi connectivity index (χ2v) is 4.66. The van der Waals surface area contributed by atoms with Crippen LogP contribution < -0.4 is 10.6 Å². The Morgan fingerprint density at radius 3 is 2.50 bits per heavy atom. The van der Waals surface area contributed by atoms with Crippen molar-refractivity contribution < 1.29 is 14.7 Å². The molecule has 0 saturated heterocycles. The lowest BCUT2D eigenvalue weighted by Gasteiger charge is -2.25. The molecular formula is C12H23ClN2O3. The van der Waals surface area contributed by atoms with Crippen LogP contribution >= 0.6 is 12.4 Å². The van der Waals surface area contributed by atoms with Crippen molar-refractivity contribution in [3.63, 3.8) is 0 Å². The molecule has 1 amide bonds. The average molecular weight is 279 g/mol. The lowest BCUT2D eigenvalue weighted by molar-refractivity contribution is -0.139. The van der Waals surface area contributed by atoms with Gasteiger partial charge in [0.2, 0.25) is 5.91 Å². The second kappa shape index (κ2) is 9.16. The fourth-order valence-corrected chi connectivity index (χ4v) is 1.84. The van der Waals surface area contributed by atoms with Crippen LogP contribution in [0.2, 0.25) is 0 Å². The Kier molecular flexibility index (Phi) is 8.75. The summed E-state index contributed by atoms with van der Waals surface area (Å²) in [4.78, 5) is 22.3. The van der Waals surface area contributed by atoms with Crippen molar-refractivity contribution in [2.75, 3.05) is 13.1 Å². The van der Waals surface area contributed by atoms with E-state index >= 15 is 0 Å². The summed E-state index contributed by atoms with van der Waals surface area (Å²) >= 11 is 0. The standard InChI is InChI=1S/C12H22N2O3.ClH/c1-2-4-10(12(16)17)13-8-11(15)14-7-9-5-3-6-9;/h9-10,13H,2-8H2,1H3,(H,14,15)(H,16,17);1H. The van der Waals surface area contributed by atoms with E-state index < -0.39 is 12.0 Å². The monoisotopic (exact) mass is 278 g/mol. The number of aliphatic carboxylic acids is 1. The molecule has 5 nitrogen and oxygen atoms in total. The number of rotatable bonds is 8. The Bertz CT molecular complexity index is 270. The summed E-state index contributed by atoms with van der Waals surface area (Å²) in [5.74, 6) is -0.372. The van der Waals surface area contributed by atoms with Gasteiger partial charge in [-0.15, -0.1) is 12.4 Å². The summed E-state index contributed by atoms with van der Waals surface area (Å²) in [6.07, 6.45) is 4.98. The van der Waals surface area contributed by atoms with Crippen LogP contribution in [-0.4, -0.2) is 36.1 Å². The highest BCUT2D eigenvalue weighted by molar-refractivity contribution is 5.85. The van der Waals surface area contributed by atoms with Crippen molar-refractivity contribution in [3.05, 3.63) is 0 Å². The Balaban J connectivity index is 0.00000289. The van der Waals surface area contributed by atoms with Gasteiger partial charge >= 0.3 is 5.97 Å². The molecule has 106 valence electrons. The van der Waals surface area contributed by atoms with Crippen molar-refractivity contribution >= 4 is 24.3 Å². The third-order valence-electron chi connectivity index (χ3n) is 3.20. The van der Waals surface area contributed by atoms with E-state index in [0.717, 1.165) is 13.0 Å². The number of carbonyl (C=O) groups is 2. The van der Waals surface area contributed by atoms with E-state index in [1.54, 1.807) is 0 Å². The third kappa shape index (κ3) is 6.21. The molecule has 0 aromatic carbocycles. The van der Waals surface area contributed by atoms with Crippen LogP contribution in [0.3, 0.4) is 0 Å². The van der Waals surface area contributed by atoms with E-state index in [-0.39, 0.29) is 24.9 Å². The van der Waals surface area contributed by atoms with Gasteiger partial charge in [-0.1, -0.05) is 19.8 Å². The Labute approximate surface area is 114 Å². The lowest BCUT2D eigenvalue weighted by Crippen LogP contribution is -2.44. The molecule has 1 fully saturated rings. The van der Waals surface area contributed by atoms with Gasteiger partial charge in [0.1, 0.15) is 6.04 Å². The van der Waals surface area contributed by atoms with Gasteiger partial charge in [0.05, 0.1) is 6.54 Å². The van der Waals surface area contributed by atoms with Crippen LogP contribution in [0.25, 0.3) is 0 Å². The van der Waals surface area contributed by atoms with Gasteiger partial charge in [0, 0.05) is 6.54 Å². The first-order valence-electron chi connectivity index (χ1n) is 6.36. The van der Waals surface area contributed by atoms with Gasteiger partial charge in [0.15, 0.2) is 0 Å². The molecule has 0 aromatic heterocycles. The molecule has 18 heavy (non-hydrogen) atoms. The van der Waals surface area contributed by atoms with Gasteiger partial charge in [-0.05, 0) is 25.2 Å². The first-order valence-corrected chi connectivity index (χ1v) is 6.36. The first-order chi connectivity index (χ1) is 8.13. The minimum atomic E-state index is -0.890. The molecule has 0 aromatic rings. The molecule has 0 spiro atoms. The average Bonchev–Trinajstić information content (AvgIpc) is 2.21. The zero-order valence-corrected chi connectivity index (χ0v) is 11.6. The molecule has 6 heteroatoms. The minimum Gasteiger partial charge on any atom is -0.480 e. The summed E-state index contributed by atoms with van der Waals surface area (Å²) in [6.45, 7) is 2.74. The molecule has 0 heterocycles. The molecule has 0 radical (unpaired) electrons.